The number of fused-ring (bicyclic) bond motifs is 2. The first-order valence-electron chi connectivity index (χ1n) is 9.11. The van der Waals surface area contributed by atoms with Gasteiger partial charge in [0, 0.05) is 23.6 Å². The lowest BCUT2D eigenvalue weighted by Crippen LogP contribution is -2.17. The number of hydrogen-bond acceptors (Lipinski definition) is 5. The Balaban J connectivity index is 1.51. The number of rotatable bonds is 4. The van der Waals surface area contributed by atoms with Gasteiger partial charge in [-0.1, -0.05) is 0 Å². The molecule has 0 fully saturated rings. The van der Waals surface area contributed by atoms with E-state index in [2.05, 4.69) is 12.2 Å². The monoisotopic (exact) mass is 352 g/mol. The molecule has 2 aromatic rings. The normalized spacial score (nSPS) is 19.8. The van der Waals surface area contributed by atoms with Gasteiger partial charge >= 0.3 is 0 Å². The van der Waals surface area contributed by atoms with E-state index in [0.717, 1.165) is 71.1 Å². The van der Waals surface area contributed by atoms with Crippen molar-refractivity contribution in [3.63, 3.8) is 0 Å². The largest absolute Gasteiger partial charge is 0.456 e. The minimum Gasteiger partial charge on any atom is -0.456 e. The number of allylic oxidation sites excluding steroid dienone is 4. The highest BCUT2D eigenvalue weighted by atomic mass is 32.1. The van der Waals surface area contributed by atoms with Gasteiger partial charge in [0.2, 0.25) is 0 Å². The third kappa shape index (κ3) is 2.76. The molecule has 0 saturated heterocycles. The zero-order chi connectivity index (χ0) is 16.6. The van der Waals surface area contributed by atoms with Gasteiger partial charge in [-0.15, -0.1) is 11.3 Å². The SMILES string of the molecule is C1=C(OC2=C(OC3=CCCCC3)c3nc4cscc4nc32)CCCC1. The summed E-state index contributed by atoms with van der Waals surface area (Å²) in [6, 6.07) is 0. The molecule has 4 nitrogen and oxygen atoms in total. The second-order valence-electron chi connectivity index (χ2n) is 6.76. The molecule has 128 valence electrons. The maximum absolute atomic E-state index is 6.22. The molecule has 25 heavy (non-hydrogen) atoms. The molecule has 0 N–H and O–H groups in total. The van der Waals surface area contributed by atoms with Crippen molar-refractivity contribution in [3.8, 4) is 0 Å². The molecule has 3 aliphatic carbocycles. The number of aromatic nitrogens is 2. The Morgan fingerprint density at radius 1 is 0.720 bits per heavy atom. The van der Waals surface area contributed by atoms with E-state index < -0.39 is 0 Å². The molecule has 2 aromatic heterocycles. The molecule has 5 rings (SSSR count). The number of nitrogens with zero attached hydrogens (tertiary/aromatic N) is 2. The van der Waals surface area contributed by atoms with E-state index in [1.54, 1.807) is 11.3 Å². The van der Waals surface area contributed by atoms with Crippen LogP contribution < -0.4 is 0 Å². The Morgan fingerprint density at radius 3 is 1.68 bits per heavy atom. The number of thiophene rings is 1. The van der Waals surface area contributed by atoms with E-state index >= 15 is 0 Å². The van der Waals surface area contributed by atoms with Crippen molar-refractivity contribution in [1.82, 2.24) is 9.97 Å². The second kappa shape index (κ2) is 6.30. The third-order valence-electron chi connectivity index (χ3n) is 4.91. The van der Waals surface area contributed by atoms with E-state index in [0.29, 0.717) is 0 Å². The molecule has 0 aromatic carbocycles. The summed E-state index contributed by atoms with van der Waals surface area (Å²) in [6.07, 6.45) is 13.4. The fourth-order valence-electron chi connectivity index (χ4n) is 3.52. The van der Waals surface area contributed by atoms with E-state index in [1.165, 1.54) is 25.7 Å². The lowest BCUT2D eigenvalue weighted by Gasteiger charge is -2.28. The van der Waals surface area contributed by atoms with Crippen molar-refractivity contribution in [2.45, 2.75) is 51.4 Å². The van der Waals surface area contributed by atoms with E-state index in [-0.39, 0.29) is 0 Å². The number of ether oxygens (including phenoxy) is 2. The highest BCUT2D eigenvalue weighted by Crippen LogP contribution is 2.44. The molecule has 3 aliphatic rings. The molecule has 0 bridgehead atoms. The van der Waals surface area contributed by atoms with Crippen LogP contribution in [0, 0.1) is 0 Å². The smallest absolute Gasteiger partial charge is 0.199 e. The third-order valence-corrected chi connectivity index (χ3v) is 5.63. The van der Waals surface area contributed by atoms with Crippen molar-refractivity contribution >= 4 is 33.9 Å². The van der Waals surface area contributed by atoms with Crippen molar-refractivity contribution < 1.29 is 9.47 Å². The molecule has 2 heterocycles. The molecule has 0 radical (unpaired) electrons. The summed E-state index contributed by atoms with van der Waals surface area (Å²) < 4.78 is 12.4. The average molecular weight is 352 g/mol. The molecule has 5 heteroatoms. The van der Waals surface area contributed by atoms with E-state index in [1.807, 2.05) is 10.8 Å². The van der Waals surface area contributed by atoms with Crippen LogP contribution >= 0.6 is 11.3 Å². The molecular weight excluding hydrogens is 332 g/mol. The highest BCUT2D eigenvalue weighted by molar-refractivity contribution is 7.09. The maximum atomic E-state index is 6.22. The van der Waals surface area contributed by atoms with Gasteiger partial charge in [0.25, 0.3) is 0 Å². The average Bonchev–Trinajstić information content (AvgIpc) is 3.13. The van der Waals surface area contributed by atoms with Crippen molar-refractivity contribution in [2.24, 2.45) is 0 Å². The predicted molar refractivity (Wildman–Crippen MR) is 99.5 cm³/mol. The van der Waals surface area contributed by atoms with Gasteiger partial charge in [-0.3, -0.25) is 0 Å². The zero-order valence-electron chi connectivity index (χ0n) is 14.1. The Morgan fingerprint density at radius 2 is 1.24 bits per heavy atom. The van der Waals surface area contributed by atoms with Crippen molar-refractivity contribution in [3.05, 3.63) is 45.8 Å². The first-order valence-corrected chi connectivity index (χ1v) is 10.1. The molecule has 0 amide bonds. The van der Waals surface area contributed by atoms with Gasteiger partial charge in [-0.05, 0) is 50.7 Å². The standard InChI is InChI=1S/C20H20N2O2S/c1-3-7-13(8-4-1)23-19-17-18(22-16-12-25-11-15(16)21-17)20(19)24-14-9-5-2-6-10-14/h7,9,11-12H,1-6,8,10H2. The zero-order valence-corrected chi connectivity index (χ0v) is 14.9. The topological polar surface area (TPSA) is 44.2 Å². The van der Waals surface area contributed by atoms with Gasteiger partial charge in [-0.25, -0.2) is 9.97 Å². The Kier molecular flexibility index (Phi) is 3.82. The van der Waals surface area contributed by atoms with E-state index in [4.69, 9.17) is 19.4 Å². The minimum atomic E-state index is 0.759. The lowest BCUT2D eigenvalue weighted by atomic mass is 10.0. The Hall–Kier alpha value is -2.14. The van der Waals surface area contributed by atoms with Crippen molar-refractivity contribution in [1.29, 1.82) is 0 Å². The number of hydrogen-bond donors (Lipinski definition) is 0. The van der Waals surface area contributed by atoms with Crippen LogP contribution in [-0.4, -0.2) is 9.97 Å². The molecule has 0 aliphatic heterocycles. The first kappa shape index (κ1) is 15.1. The summed E-state index contributed by atoms with van der Waals surface area (Å²) >= 11 is 1.62. The second-order valence-corrected chi connectivity index (χ2v) is 7.50. The van der Waals surface area contributed by atoms with Crippen LogP contribution in [0.3, 0.4) is 0 Å². The lowest BCUT2D eigenvalue weighted by molar-refractivity contribution is 0.300. The maximum Gasteiger partial charge on any atom is 0.199 e. The van der Waals surface area contributed by atoms with Crippen LogP contribution in [0.15, 0.2) is 34.4 Å². The predicted octanol–water partition coefficient (Wildman–Crippen LogP) is 5.78. The van der Waals surface area contributed by atoms with Crippen LogP contribution in [0.1, 0.15) is 62.8 Å². The van der Waals surface area contributed by atoms with Gasteiger partial charge in [-0.2, -0.15) is 0 Å². The summed E-state index contributed by atoms with van der Waals surface area (Å²) in [4.78, 5) is 9.50. The quantitative estimate of drug-likeness (QED) is 0.699. The van der Waals surface area contributed by atoms with Crippen molar-refractivity contribution in [2.75, 3.05) is 0 Å². The minimum absolute atomic E-state index is 0.759. The van der Waals surface area contributed by atoms with Gasteiger partial charge < -0.3 is 9.47 Å². The molecule has 0 saturated carbocycles. The Bertz CT molecular complexity index is 851. The highest BCUT2D eigenvalue weighted by Gasteiger charge is 2.36. The molecule has 0 unspecified atom stereocenters. The van der Waals surface area contributed by atoms with E-state index in [9.17, 15) is 0 Å². The van der Waals surface area contributed by atoms with Gasteiger partial charge in [0.15, 0.2) is 11.5 Å². The summed E-state index contributed by atoms with van der Waals surface area (Å²) in [5.74, 6) is 3.60. The van der Waals surface area contributed by atoms with Gasteiger partial charge in [0.05, 0.1) is 0 Å². The summed E-state index contributed by atoms with van der Waals surface area (Å²) in [6.45, 7) is 0. The fraction of sp³-hybridized carbons (Fsp3) is 0.400. The molecule has 0 atom stereocenters. The van der Waals surface area contributed by atoms with Crippen LogP contribution in [-0.2, 0) is 9.47 Å². The summed E-state index contributed by atoms with van der Waals surface area (Å²) in [7, 11) is 0. The Labute approximate surface area is 150 Å². The van der Waals surface area contributed by atoms with Crippen LogP contribution in [0.4, 0.5) is 0 Å². The first-order chi connectivity index (χ1) is 12.4. The molecular formula is C20H20N2O2S. The fourth-order valence-corrected chi connectivity index (χ4v) is 4.19. The van der Waals surface area contributed by atoms with Crippen LogP contribution in [0.5, 0.6) is 0 Å². The molecule has 0 spiro atoms. The summed E-state index contributed by atoms with van der Waals surface area (Å²) in [5.41, 5.74) is 3.53. The van der Waals surface area contributed by atoms with Crippen LogP contribution in [0.25, 0.3) is 22.6 Å². The van der Waals surface area contributed by atoms with Crippen LogP contribution in [0.2, 0.25) is 0 Å². The van der Waals surface area contributed by atoms with Gasteiger partial charge in [0.1, 0.15) is 33.9 Å². The summed E-state index contributed by atoms with van der Waals surface area (Å²) in [5, 5.41) is 4.06.